The van der Waals surface area contributed by atoms with Crippen LogP contribution in [0.25, 0.3) is 0 Å². The minimum atomic E-state index is -1.82. The standard InChI is InChI=1S/C45H65N7O12/c1-23(2)20-34-43(59)52-37(45(62)63)27(6)39(55)47-29(8)41(57)49-32(17-16-24(3)21-25(4)35(64-10)22-31-14-12-11-13-15-31)26(5)38(54)50-33(44(60)61)18-19-36(53)46-28(7)40(56)48-30(9)42(58)51-34/h11-17,21,23,25-27,29-30,32-35,37H,7,18-20,22H2,1-6,8-10H3,(H,46,53)(H,47,55)(H,48,56)(H,49,57)(H,50,54)(H,51,58)(H,52,59)(H,60,61)(H,62,63)/b17-16+,24-21+/t25-,26-,27-,29-,30+,32-,33+,34-,35-,37+/m0/s1. The molecule has 7 amide bonds. The van der Waals surface area contributed by atoms with Gasteiger partial charge in [0.25, 0.3) is 5.91 Å². The molecule has 1 heterocycles. The lowest BCUT2D eigenvalue weighted by Gasteiger charge is -2.27. The molecule has 1 aromatic rings. The Morgan fingerprint density at radius 3 is 1.95 bits per heavy atom. The fraction of sp³-hybridized carbons (Fsp3) is 0.533. The monoisotopic (exact) mass is 895 g/mol. The number of ether oxygens (including phenoxy) is 1. The summed E-state index contributed by atoms with van der Waals surface area (Å²) in [4.78, 5) is 118. The third-order valence-corrected chi connectivity index (χ3v) is 10.7. The summed E-state index contributed by atoms with van der Waals surface area (Å²) < 4.78 is 5.77. The van der Waals surface area contributed by atoms with E-state index in [0.717, 1.165) is 11.1 Å². The maximum absolute atomic E-state index is 13.7. The first-order valence-electron chi connectivity index (χ1n) is 21.2. The molecule has 0 aromatic heterocycles. The quantitative estimate of drug-likeness (QED) is 0.112. The number of hydrogen-bond donors (Lipinski definition) is 9. The molecule has 19 nitrogen and oxygen atoms in total. The number of benzene rings is 1. The number of aliphatic carboxylic acids is 2. The molecule has 9 N–H and O–H groups in total. The number of carbonyl (C=O) groups is 9. The molecule has 0 unspecified atom stereocenters. The second-order valence-electron chi connectivity index (χ2n) is 16.6. The highest BCUT2D eigenvalue weighted by Crippen LogP contribution is 2.18. The molecule has 1 aromatic carbocycles. The van der Waals surface area contributed by atoms with E-state index in [1.54, 1.807) is 27.0 Å². The van der Waals surface area contributed by atoms with Crippen molar-refractivity contribution in [3.8, 4) is 0 Å². The molecule has 0 saturated carbocycles. The lowest BCUT2D eigenvalue weighted by molar-refractivity contribution is -0.146. The fourth-order valence-electron chi connectivity index (χ4n) is 6.64. The summed E-state index contributed by atoms with van der Waals surface area (Å²) in [6, 6.07) is 1.34. The van der Waals surface area contributed by atoms with E-state index in [-0.39, 0.29) is 24.4 Å². The van der Waals surface area contributed by atoms with Crippen LogP contribution in [0.3, 0.4) is 0 Å². The first-order valence-corrected chi connectivity index (χ1v) is 21.2. The Morgan fingerprint density at radius 1 is 0.781 bits per heavy atom. The predicted octanol–water partition coefficient (Wildman–Crippen LogP) is 1.24. The minimum Gasteiger partial charge on any atom is -0.480 e. The van der Waals surface area contributed by atoms with Crippen molar-refractivity contribution in [2.45, 2.75) is 123 Å². The van der Waals surface area contributed by atoms with Gasteiger partial charge in [0, 0.05) is 19.4 Å². The van der Waals surface area contributed by atoms with E-state index in [1.807, 2.05) is 50.3 Å². The number of amides is 7. The van der Waals surface area contributed by atoms with Crippen LogP contribution in [-0.4, -0.2) is 113 Å². The summed E-state index contributed by atoms with van der Waals surface area (Å²) in [5.74, 6) is -12.1. The van der Waals surface area contributed by atoms with Gasteiger partial charge in [-0.2, -0.15) is 0 Å². The molecular weight excluding hydrogens is 831 g/mol. The number of carbonyl (C=O) groups excluding carboxylic acids is 7. The number of methoxy groups -OCH3 is 1. The van der Waals surface area contributed by atoms with Crippen LogP contribution in [0, 0.1) is 23.7 Å². The normalized spacial score (nSPS) is 26.8. The molecule has 19 heteroatoms. The Balaban J connectivity index is 2.54. The Kier molecular flexibility index (Phi) is 21.6. The number of allylic oxidation sites excluding steroid dienone is 2. The maximum atomic E-state index is 13.7. The van der Waals surface area contributed by atoms with Crippen molar-refractivity contribution in [3.63, 3.8) is 0 Å². The van der Waals surface area contributed by atoms with Crippen LogP contribution in [0.2, 0.25) is 0 Å². The predicted molar refractivity (Wildman–Crippen MR) is 236 cm³/mol. The molecule has 0 bridgehead atoms. The van der Waals surface area contributed by atoms with Gasteiger partial charge in [0.05, 0.1) is 29.7 Å². The van der Waals surface area contributed by atoms with Gasteiger partial charge in [-0.25, -0.2) is 9.59 Å². The zero-order valence-electron chi connectivity index (χ0n) is 38.0. The van der Waals surface area contributed by atoms with Crippen molar-refractivity contribution in [1.82, 2.24) is 37.2 Å². The SMILES string of the molecule is C=C1NC(=O)CC[C@H](C(=O)O)NC(=O)[C@@H](C)[C@H](/C=C/C(C)=C/[C@H](C)[C@H](Cc2ccccc2)OC)NC(=O)[C@H](C)NC(=O)[C@@H](C)[C@H](C(=O)O)NC(=O)[C@H](CC(C)C)NC(=O)[C@@H](C)NC1=O. The van der Waals surface area contributed by atoms with Gasteiger partial charge in [-0.3, -0.25) is 33.6 Å². The van der Waals surface area contributed by atoms with E-state index in [1.165, 1.54) is 33.8 Å². The van der Waals surface area contributed by atoms with Crippen LogP contribution in [-0.2, 0) is 54.3 Å². The molecule has 64 heavy (non-hydrogen) atoms. The summed E-state index contributed by atoms with van der Waals surface area (Å²) in [7, 11) is 1.62. The Bertz CT molecular complexity index is 1930. The molecule has 1 aliphatic heterocycles. The van der Waals surface area contributed by atoms with Gasteiger partial charge in [0.1, 0.15) is 30.2 Å². The van der Waals surface area contributed by atoms with E-state index < -0.39 is 120 Å². The molecule has 2 rings (SSSR count). The van der Waals surface area contributed by atoms with E-state index >= 15 is 0 Å². The molecule has 1 aliphatic rings. The Labute approximate surface area is 374 Å². The number of carboxylic acid groups (broad SMARTS) is 2. The Morgan fingerprint density at radius 2 is 1.38 bits per heavy atom. The minimum absolute atomic E-state index is 0.0319. The Hall–Kier alpha value is -6.37. The molecular formula is C45H65N7O12. The summed E-state index contributed by atoms with van der Waals surface area (Å²) in [5.41, 5.74) is 1.33. The maximum Gasteiger partial charge on any atom is 0.327 e. The third kappa shape index (κ3) is 17.4. The lowest BCUT2D eigenvalue weighted by atomic mass is 9.94. The molecule has 0 spiro atoms. The van der Waals surface area contributed by atoms with Crippen LogP contribution in [0.4, 0.5) is 0 Å². The first kappa shape index (κ1) is 53.8. The van der Waals surface area contributed by atoms with Crippen LogP contribution >= 0.6 is 0 Å². The van der Waals surface area contributed by atoms with Gasteiger partial charge in [0.2, 0.25) is 35.4 Å². The lowest BCUT2D eigenvalue weighted by Crippen LogP contribution is -2.58. The van der Waals surface area contributed by atoms with Gasteiger partial charge >= 0.3 is 11.9 Å². The number of hydrogen-bond acceptors (Lipinski definition) is 10. The van der Waals surface area contributed by atoms with Crippen molar-refractivity contribution in [2.75, 3.05) is 7.11 Å². The number of carboxylic acids is 2. The van der Waals surface area contributed by atoms with Crippen LogP contribution < -0.4 is 37.2 Å². The van der Waals surface area contributed by atoms with Crippen LogP contribution in [0.5, 0.6) is 0 Å². The van der Waals surface area contributed by atoms with Crippen LogP contribution in [0.1, 0.15) is 80.2 Å². The molecule has 10 atom stereocenters. The largest absolute Gasteiger partial charge is 0.480 e. The third-order valence-electron chi connectivity index (χ3n) is 10.7. The average Bonchev–Trinajstić information content (AvgIpc) is 3.22. The topological polar surface area (TPSA) is 288 Å². The molecule has 0 aliphatic carbocycles. The summed E-state index contributed by atoms with van der Waals surface area (Å²) in [5, 5.41) is 37.0. The zero-order valence-corrected chi connectivity index (χ0v) is 38.0. The number of nitrogens with one attached hydrogen (secondary N) is 7. The van der Waals surface area contributed by atoms with Gasteiger partial charge in [-0.05, 0) is 51.5 Å². The van der Waals surface area contributed by atoms with Crippen molar-refractivity contribution in [2.24, 2.45) is 23.7 Å². The molecule has 1 fully saturated rings. The molecule has 352 valence electrons. The second kappa shape index (κ2) is 25.7. The van der Waals surface area contributed by atoms with E-state index in [2.05, 4.69) is 43.8 Å². The highest BCUT2D eigenvalue weighted by molar-refractivity contribution is 6.00. The first-order chi connectivity index (χ1) is 29.9. The fourth-order valence-corrected chi connectivity index (χ4v) is 6.64. The summed E-state index contributed by atoms with van der Waals surface area (Å²) in [6.07, 6.45) is 4.73. The highest BCUT2D eigenvalue weighted by atomic mass is 16.5. The van der Waals surface area contributed by atoms with Gasteiger partial charge in [0.15, 0.2) is 0 Å². The van der Waals surface area contributed by atoms with Crippen LogP contribution in [0.15, 0.2) is 66.4 Å². The van der Waals surface area contributed by atoms with E-state index in [9.17, 15) is 53.4 Å². The van der Waals surface area contributed by atoms with Gasteiger partial charge < -0.3 is 52.2 Å². The van der Waals surface area contributed by atoms with Crippen molar-refractivity contribution >= 4 is 53.3 Å². The van der Waals surface area contributed by atoms with E-state index in [4.69, 9.17) is 4.74 Å². The smallest absolute Gasteiger partial charge is 0.327 e. The highest BCUT2D eigenvalue weighted by Gasteiger charge is 2.36. The van der Waals surface area contributed by atoms with Crippen molar-refractivity contribution < 1.29 is 58.1 Å². The molecule has 0 radical (unpaired) electrons. The van der Waals surface area contributed by atoms with Crippen molar-refractivity contribution in [1.29, 1.82) is 0 Å². The van der Waals surface area contributed by atoms with E-state index in [0.29, 0.717) is 6.42 Å². The second-order valence-corrected chi connectivity index (χ2v) is 16.6. The summed E-state index contributed by atoms with van der Waals surface area (Å²) >= 11 is 0. The van der Waals surface area contributed by atoms with Gasteiger partial charge in [-0.15, -0.1) is 0 Å². The zero-order chi connectivity index (χ0) is 48.4. The summed E-state index contributed by atoms with van der Waals surface area (Å²) in [6.45, 7) is 16.1. The number of rotatable bonds is 11. The average molecular weight is 896 g/mol. The van der Waals surface area contributed by atoms with Gasteiger partial charge in [-0.1, -0.05) is 95.3 Å². The molecule has 1 saturated heterocycles. The van der Waals surface area contributed by atoms with Crippen molar-refractivity contribution in [3.05, 3.63) is 72.0 Å².